The van der Waals surface area contributed by atoms with Gasteiger partial charge < -0.3 is 5.11 Å². The number of hydrogen-bond donors (Lipinski definition) is 1. The third kappa shape index (κ3) is 2.86. The van der Waals surface area contributed by atoms with Gasteiger partial charge in [0, 0.05) is 11.1 Å². The first-order valence-electron chi connectivity index (χ1n) is 5.44. The van der Waals surface area contributed by atoms with Gasteiger partial charge in [-0.15, -0.1) is 11.3 Å². The van der Waals surface area contributed by atoms with Crippen LogP contribution in [0, 0.1) is 17.4 Å². The number of aromatic nitrogens is 2. The molecule has 0 aliphatic heterocycles. The molecule has 0 amide bonds. The van der Waals surface area contributed by atoms with E-state index < -0.39 is 5.97 Å². The molecule has 2 aromatic heterocycles. The average Bonchev–Trinajstić information content (AvgIpc) is 2.72. The van der Waals surface area contributed by atoms with Crippen LogP contribution in [0.1, 0.15) is 25.9 Å². The van der Waals surface area contributed by atoms with Crippen LogP contribution in [-0.4, -0.2) is 20.6 Å². The molecule has 0 atom stereocenters. The average molecular weight is 390 g/mol. The molecule has 100 valence electrons. The van der Waals surface area contributed by atoms with E-state index in [1.165, 1.54) is 17.5 Å². The summed E-state index contributed by atoms with van der Waals surface area (Å²) in [5.74, 6) is -0.322. The van der Waals surface area contributed by atoms with Crippen molar-refractivity contribution in [3.8, 4) is 0 Å². The molecule has 0 fully saturated rings. The van der Waals surface area contributed by atoms with Crippen molar-refractivity contribution in [2.24, 2.45) is 0 Å². The topological polar surface area (TPSA) is 72.2 Å². The molecule has 0 saturated heterocycles. The highest BCUT2D eigenvalue weighted by Crippen LogP contribution is 2.22. The molecule has 2 rings (SSSR count). The minimum absolute atomic E-state index is 0.101. The fourth-order valence-corrected chi connectivity index (χ4v) is 2.99. The van der Waals surface area contributed by atoms with Crippen LogP contribution in [0.3, 0.4) is 0 Å². The summed E-state index contributed by atoms with van der Waals surface area (Å²) in [5, 5.41) is 8.97. The lowest BCUT2D eigenvalue weighted by Crippen LogP contribution is -2.26. The van der Waals surface area contributed by atoms with Crippen LogP contribution in [0.15, 0.2) is 17.1 Å². The first-order chi connectivity index (χ1) is 8.90. The van der Waals surface area contributed by atoms with Crippen molar-refractivity contribution < 1.29 is 9.90 Å². The van der Waals surface area contributed by atoms with Crippen LogP contribution in [0.25, 0.3) is 0 Å². The summed E-state index contributed by atoms with van der Waals surface area (Å²) >= 11 is 3.17. The van der Waals surface area contributed by atoms with Crippen LogP contribution in [0.4, 0.5) is 0 Å². The summed E-state index contributed by atoms with van der Waals surface area (Å²) in [6.45, 7) is 3.97. The van der Waals surface area contributed by atoms with E-state index in [1.807, 2.05) is 29.5 Å². The molecule has 7 heteroatoms. The van der Waals surface area contributed by atoms with Gasteiger partial charge in [-0.1, -0.05) is 0 Å². The molecule has 19 heavy (non-hydrogen) atoms. The van der Waals surface area contributed by atoms with Gasteiger partial charge in [0.15, 0.2) is 0 Å². The highest BCUT2D eigenvalue weighted by atomic mass is 127. The van der Waals surface area contributed by atoms with Gasteiger partial charge in [0.2, 0.25) is 0 Å². The Kier molecular flexibility index (Phi) is 4.04. The van der Waals surface area contributed by atoms with E-state index in [9.17, 15) is 9.59 Å². The molecule has 0 saturated carbocycles. The number of halogens is 1. The lowest BCUT2D eigenvalue weighted by atomic mass is 10.2. The maximum atomic E-state index is 12.0. The Hall–Kier alpha value is -1.22. The SMILES string of the molecule is Cc1sc(C(=O)O)cc1Cn1c(C)ncc(I)c1=O. The molecule has 0 aliphatic carbocycles. The standard InChI is InChI=1S/C12H11IN2O3S/c1-6-8(3-10(19-6)12(17)18)5-15-7(2)14-4-9(13)11(15)16/h3-4H,5H2,1-2H3,(H,17,18). The summed E-state index contributed by atoms with van der Waals surface area (Å²) in [6, 6.07) is 1.62. The zero-order valence-electron chi connectivity index (χ0n) is 10.3. The summed E-state index contributed by atoms with van der Waals surface area (Å²) < 4.78 is 2.11. The van der Waals surface area contributed by atoms with E-state index in [2.05, 4.69) is 4.98 Å². The summed E-state index contributed by atoms with van der Waals surface area (Å²) in [7, 11) is 0. The van der Waals surface area contributed by atoms with Gasteiger partial charge in [-0.25, -0.2) is 9.78 Å². The fraction of sp³-hybridized carbons (Fsp3) is 0.250. The lowest BCUT2D eigenvalue weighted by Gasteiger charge is -2.08. The smallest absolute Gasteiger partial charge is 0.345 e. The molecule has 0 unspecified atom stereocenters. The molecule has 0 radical (unpaired) electrons. The minimum atomic E-state index is -0.941. The first-order valence-corrected chi connectivity index (χ1v) is 7.34. The van der Waals surface area contributed by atoms with Crippen molar-refractivity contribution in [2.45, 2.75) is 20.4 Å². The molecule has 5 nitrogen and oxygen atoms in total. The number of aryl methyl sites for hydroxylation is 2. The van der Waals surface area contributed by atoms with Crippen LogP contribution in [0.5, 0.6) is 0 Å². The summed E-state index contributed by atoms with van der Waals surface area (Å²) in [4.78, 5) is 28.3. The van der Waals surface area contributed by atoms with Crippen molar-refractivity contribution in [1.82, 2.24) is 9.55 Å². The van der Waals surface area contributed by atoms with Gasteiger partial charge in [0.05, 0.1) is 10.1 Å². The van der Waals surface area contributed by atoms with E-state index in [1.54, 1.807) is 17.6 Å². The van der Waals surface area contributed by atoms with Crippen molar-refractivity contribution >= 4 is 39.9 Å². The molecule has 1 N–H and O–H groups in total. The molecule has 2 heterocycles. The minimum Gasteiger partial charge on any atom is -0.477 e. The lowest BCUT2D eigenvalue weighted by molar-refractivity contribution is 0.0702. The zero-order chi connectivity index (χ0) is 14.2. The Morgan fingerprint density at radius 2 is 2.21 bits per heavy atom. The van der Waals surface area contributed by atoms with Gasteiger partial charge in [-0.2, -0.15) is 0 Å². The molecule has 0 aromatic carbocycles. The maximum Gasteiger partial charge on any atom is 0.345 e. The first kappa shape index (κ1) is 14.2. The molecular weight excluding hydrogens is 379 g/mol. The molecule has 0 spiro atoms. The zero-order valence-corrected chi connectivity index (χ0v) is 13.3. The van der Waals surface area contributed by atoms with E-state index in [-0.39, 0.29) is 10.4 Å². The molecular formula is C12H11IN2O3S. The number of carbonyl (C=O) groups is 1. The predicted molar refractivity (Wildman–Crippen MR) is 81.1 cm³/mol. The molecule has 0 bridgehead atoms. The second kappa shape index (κ2) is 5.41. The van der Waals surface area contributed by atoms with Crippen molar-refractivity contribution in [2.75, 3.05) is 0 Å². The van der Waals surface area contributed by atoms with E-state index in [4.69, 9.17) is 5.11 Å². The van der Waals surface area contributed by atoms with Gasteiger partial charge in [0.25, 0.3) is 5.56 Å². The van der Waals surface area contributed by atoms with Crippen LogP contribution >= 0.6 is 33.9 Å². The van der Waals surface area contributed by atoms with Crippen molar-refractivity contribution in [3.63, 3.8) is 0 Å². The Labute approximate surface area is 127 Å². The summed E-state index contributed by atoms with van der Waals surface area (Å²) in [5.41, 5.74) is 0.743. The van der Waals surface area contributed by atoms with E-state index in [0.717, 1.165) is 10.4 Å². The Morgan fingerprint density at radius 1 is 1.53 bits per heavy atom. The van der Waals surface area contributed by atoms with Crippen LogP contribution in [-0.2, 0) is 6.54 Å². The second-order valence-corrected chi connectivity index (χ2v) is 6.46. The third-order valence-electron chi connectivity index (χ3n) is 2.76. The van der Waals surface area contributed by atoms with Crippen LogP contribution in [0.2, 0.25) is 0 Å². The van der Waals surface area contributed by atoms with Crippen LogP contribution < -0.4 is 5.56 Å². The van der Waals surface area contributed by atoms with E-state index >= 15 is 0 Å². The Morgan fingerprint density at radius 3 is 2.79 bits per heavy atom. The number of aromatic carboxylic acids is 1. The van der Waals surface area contributed by atoms with Gasteiger partial charge in [-0.05, 0) is 48.1 Å². The highest BCUT2D eigenvalue weighted by molar-refractivity contribution is 14.1. The second-order valence-electron chi connectivity index (χ2n) is 4.04. The number of hydrogen-bond acceptors (Lipinski definition) is 4. The molecule has 0 aliphatic rings. The quantitative estimate of drug-likeness (QED) is 0.817. The van der Waals surface area contributed by atoms with Crippen molar-refractivity contribution in [3.05, 3.63) is 47.3 Å². The highest BCUT2D eigenvalue weighted by Gasteiger charge is 2.13. The maximum absolute atomic E-state index is 12.0. The van der Waals surface area contributed by atoms with E-state index in [0.29, 0.717) is 15.9 Å². The third-order valence-corrected chi connectivity index (χ3v) is 4.59. The Bertz CT molecular complexity index is 705. The number of rotatable bonds is 3. The summed E-state index contributed by atoms with van der Waals surface area (Å²) in [6.07, 6.45) is 1.54. The largest absolute Gasteiger partial charge is 0.477 e. The number of carboxylic acid groups (broad SMARTS) is 1. The number of thiophene rings is 1. The van der Waals surface area contributed by atoms with Crippen molar-refractivity contribution in [1.29, 1.82) is 0 Å². The number of carboxylic acids is 1. The fourth-order valence-electron chi connectivity index (χ4n) is 1.69. The van der Waals surface area contributed by atoms with Gasteiger partial charge in [0.1, 0.15) is 10.7 Å². The van der Waals surface area contributed by atoms with Gasteiger partial charge >= 0.3 is 5.97 Å². The molecule has 2 aromatic rings. The normalized spacial score (nSPS) is 10.7. The predicted octanol–water partition coefficient (Wildman–Crippen LogP) is 2.27. The van der Waals surface area contributed by atoms with Gasteiger partial charge in [-0.3, -0.25) is 9.36 Å². The number of nitrogens with zero attached hydrogens (tertiary/aromatic N) is 2. The Balaban J connectivity index is 2.45. The monoisotopic (exact) mass is 390 g/mol.